The second kappa shape index (κ2) is 42.7. The molecule has 1 rings (SSSR count). The van der Waals surface area contributed by atoms with Gasteiger partial charge >= 0.3 is 18.6 Å². The molecule has 9 N–H and O–H groups in total. The third-order valence-corrected chi connectivity index (χ3v) is 0.702. The van der Waals surface area contributed by atoms with Crippen molar-refractivity contribution in [3.8, 4) is 0 Å². The van der Waals surface area contributed by atoms with Crippen LogP contribution in [0.4, 0.5) is 0 Å². The Kier molecular flexibility index (Phi) is 81.1. The summed E-state index contributed by atoms with van der Waals surface area (Å²) in [5, 5.41) is 0. The molecule has 0 aliphatic carbocycles. The van der Waals surface area contributed by atoms with Crippen molar-refractivity contribution in [1.29, 1.82) is 0 Å². The molecule has 7 nitrogen and oxygen atoms in total. The Labute approximate surface area is 84.9 Å². The van der Waals surface area contributed by atoms with Gasteiger partial charge in [0.2, 0.25) is 0 Å². The number of hydrogen-bond donors (Lipinski definition) is 3. The zero-order valence-electron chi connectivity index (χ0n) is 6.79. The van der Waals surface area contributed by atoms with E-state index < -0.39 is 0 Å². The smallest absolute Gasteiger partial charge is 0.615 e. The van der Waals surface area contributed by atoms with E-state index in [1.54, 1.807) is 0 Å². The van der Waals surface area contributed by atoms with Crippen LogP contribution >= 0.6 is 0 Å². The summed E-state index contributed by atoms with van der Waals surface area (Å²) in [5.74, 6) is 27.0. The summed E-state index contributed by atoms with van der Waals surface area (Å²) in [6.07, 6.45) is 2.38. The Morgan fingerprint density at radius 3 is 1.50 bits per heavy atom. The van der Waals surface area contributed by atoms with Gasteiger partial charge in [0.05, 0.1) is 0 Å². The predicted molar refractivity (Wildman–Crippen MR) is 45.0 cm³/mol. The van der Waals surface area contributed by atoms with Crippen LogP contribution in [0.2, 0.25) is 0 Å². The molecule has 0 saturated carbocycles. The molecule has 0 spiro atoms. The van der Waals surface area contributed by atoms with Crippen molar-refractivity contribution in [2.24, 2.45) is 17.5 Å². The Morgan fingerprint density at radius 2 is 1.42 bits per heavy atom. The van der Waals surface area contributed by atoms with Gasteiger partial charge in [-0.25, -0.2) is 6.61 Å². The van der Waals surface area contributed by atoms with E-state index >= 15 is 0 Å². The van der Waals surface area contributed by atoms with Gasteiger partial charge in [-0.3, -0.25) is 0 Å². The number of ether oxygens (including phenoxy) is 1. The van der Waals surface area contributed by atoms with Crippen LogP contribution in [0.15, 0.2) is 0 Å². The molecule has 1 aliphatic rings. The number of hydrogen-bond acceptors (Lipinski definition) is 4. The molecule has 73 valence electrons. The van der Waals surface area contributed by atoms with Crippen molar-refractivity contribution < 1.29 is 23.3 Å². The van der Waals surface area contributed by atoms with Crippen molar-refractivity contribution in [1.82, 2.24) is 0 Å². The summed E-state index contributed by atoms with van der Waals surface area (Å²) in [5.41, 5.74) is 0. The van der Waals surface area contributed by atoms with E-state index in [0.717, 1.165) is 13.0 Å². The zero-order chi connectivity index (χ0) is 9.54. The van der Waals surface area contributed by atoms with E-state index in [1.807, 2.05) is 6.61 Å². The standard InChI is InChI=1S/C4H7O.3H3N2.V/c1-2-4-5-3-1;3*1-2;/h3H,1-2,4H2;3*1H,2H2;/q4*-1;+4. The number of nitrogens with two attached hydrogens (primary N) is 3. The zero-order valence-corrected chi connectivity index (χ0v) is 8.18. The molecule has 0 bridgehead atoms. The molecule has 0 atom stereocenters. The maximum atomic E-state index is 5.25. The molecular formula is C4H16N6OV. The molecule has 1 radical (unpaired) electrons. The molecule has 8 heteroatoms. The monoisotopic (exact) mass is 215 g/mol. The van der Waals surface area contributed by atoms with Crippen LogP contribution in [0.25, 0.3) is 17.5 Å². The number of rotatable bonds is 0. The Balaban J connectivity index is -0.0000000406. The van der Waals surface area contributed by atoms with Crippen LogP contribution < -0.4 is 17.5 Å². The van der Waals surface area contributed by atoms with Crippen LogP contribution in [-0.2, 0) is 23.3 Å². The largest absolute Gasteiger partial charge is 4.00 e. The summed E-state index contributed by atoms with van der Waals surface area (Å²) in [7, 11) is 0. The van der Waals surface area contributed by atoms with Gasteiger partial charge in [-0.15, -0.1) is 0 Å². The van der Waals surface area contributed by atoms with Crippen LogP contribution in [0, 0.1) is 6.61 Å². The second-order valence-corrected chi connectivity index (χ2v) is 1.18. The average molecular weight is 215 g/mol. The average Bonchev–Trinajstić information content (AvgIpc) is 2.71. The van der Waals surface area contributed by atoms with Crippen molar-refractivity contribution in [3.63, 3.8) is 0 Å². The Bertz CT molecular complexity index is 31.1. The topological polar surface area (TPSA) is 159 Å². The van der Waals surface area contributed by atoms with Gasteiger partial charge in [-0.05, 0) is 0 Å². The molecule has 0 aromatic carbocycles. The molecule has 1 aliphatic heterocycles. The minimum atomic E-state index is 0. The first kappa shape index (κ1) is 22.8. The molecule has 1 saturated heterocycles. The van der Waals surface area contributed by atoms with E-state index in [0.29, 0.717) is 0 Å². The fourth-order valence-corrected chi connectivity index (χ4v) is 0.417. The van der Waals surface area contributed by atoms with Gasteiger partial charge in [-0.1, -0.05) is 6.42 Å². The van der Waals surface area contributed by atoms with Crippen LogP contribution in [0.3, 0.4) is 0 Å². The second-order valence-electron chi connectivity index (χ2n) is 1.18. The van der Waals surface area contributed by atoms with Gasteiger partial charge in [0.15, 0.2) is 0 Å². The van der Waals surface area contributed by atoms with Gasteiger partial charge in [0.1, 0.15) is 0 Å². The molecule has 1 fully saturated rings. The Morgan fingerprint density at radius 1 is 1.00 bits per heavy atom. The molecular weight excluding hydrogens is 199 g/mol. The SMILES string of the molecule is [CH-]1CCCO1.[NH-]N.[NH-]N.[NH-]N.[V+4]. The van der Waals surface area contributed by atoms with Crippen molar-refractivity contribution in [2.45, 2.75) is 12.8 Å². The van der Waals surface area contributed by atoms with Crippen molar-refractivity contribution >= 4 is 0 Å². The third-order valence-electron chi connectivity index (χ3n) is 0.702. The van der Waals surface area contributed by atoms with Gasteiger partial charge in [0.25, 0.3) is 0 Å². The number of nitrogens with one attached hydrogen (secondary N) is 3. The molecule has 0 amide bonds. The van der Waals surface area contributed by atoms with Crippen LogP contribution in [0.1, 0.15) is 12.8 Å². The summed E-state index contributed by atoms with van der Waals surface area (Å²) in [6, 6.07) is 0. The first-order valence-corrected chi connectivity index (χ1v) is 2.80. The van der Waals surface area contributed by atoms with Crippen LogP contribution in [0.5, 0.6) is 0 Å². The quantitative estimate of drug-likeness (QED) is 0.308. The van der Waals surface area contributed by atoms with E-state index in [1.165, 1.54) is 6.42 Å². The summed E-state index contributed by atoms with van der Waals surface area (Å²) in [4.78, 5) is 0. The van der Waals surface area contributed by atoms with Crippen molar-refractivity contribution in [2.75, 3.05) is 6.61 Å². The minimum absolute atomic E-state index is 0. The molecule has 12 heavy (non-hydrogen) atoms. The van der Waals surface area contributed by atoms with Gasteiger partial charge in [-0.2, -0.15) is 6.42 Å². The summed E-state index contributed by atoms with van der Waals surface area (Å²) in [6.45, 7) is 2.81. The minimum Gasteiger partial charge on any atom is -0.615 e. The maximum Gasteiger partial charge on any atom is 4.00 e. The normalized spacial score (nSPS) is 11.5. The van der Waals surface area contributed by atoms with Gasteiger partial charge < -0.3 is 39.8 Å². The van der Waals surface area contributed by atoms with E-state index in [-0.39, 0.29) is 18.6 Å². The first-order valence-electron chi connectivity index (χ1n) is 2.80. The molecule has 0 aromatic heterocycles. The van der Waals surface area contributed by atoms with Crippen molar-refractivity contribution in [3.05, 3.63) is 24.1 Å². The van der Waals surface area contributed by atoms with E-state index in [9.17, 15) is 0 Å². The van der Waals surface area contributed by atoms with Gasteiger partial charge in [0, 0.05) is 6.61 Å². The molecule has 1 heterocycles. The van der Waals surface area contributed by atoms with E-state index in [4.69, 9.17) is 22.3 Å². The third kappa shape index (κ3) is 31.7. The molecule has 0 unspecified atom stereocenters. The summed E-state index contributed by atoms with van der Waals surface area (Å²) < 4.78 is 4.82. The maximum absolute atomic E-state index is 5.25. The predicted octanol–water partition coefficient (Wildman–Crippen LogP) is 0.693. The molecule has 0 aromatic rings. The van der Waals surface area contributed by atoms with E-state index in [2.05, 4.69) is 17.5 Å². The summed E-state index contributed by atoms with van der Waals surface area (Å²) >= 11 is 0. The Hall–Kier alpha value is 0.304. The van der Waals surface area contributed by atoms with Crippen LogP contribution in [-0.4, -0.2) is 6.61 Å². The fraction of sp³-hybridized carbons (Fsp3) is 0.750. The fourth-order valence-electron chi connectivity index (χ4n) is 0.417. The first-order chi connectivity index (χ1) is 5.50.